The first-order chi connectivity index (χ1) is 6.91. The van der Waals surface area contributed by atoms with Crippen LogP contribution in [0.15, 0.2) is 10.0 Å². The Morgan fingerprint density at radius 2 is 2.07 bits per heavy atom. The quantitative estimate of drug-likeness (QED) is 0.574. The van der Waals surface area contributed by atoms with E-state index < -0.39 is 10.4 Å². The summed E-state index contributed by atoms with van der Waals surface area (Å²) in [6.07, 6.45) is -0.511. The van der Waals surface area contributed by atoms with Crippen molar-refractivity contribution in [2.24, 2.45) is 5.92 Å². The summed E-state index contributed by atoms with van der Waals surface area (Å²) in [7, 11) is 0. The van der Waals surface area contributed by atoms with Gasteiger partial charge in [-0.05, 0) is 0 Å². The maximum atomic E-state index is 11.8. The molecule has 0 bridgehead atoms. The molecule has 2 heterocycles. The molecule has 0 saturated carbocycles. The third-order valence-corrected chi connectivity index (χ3v) is 6.86. The molecule has 0 aromatic heterocycles. The van der Waals surface area contributed by atoms with E-state index in [1.807, 2.05) is 13.8 Å². The van der Waals surface area contributed by atoms with E-state index >= 15 is 0 Å². The summed E-state index contributed by atoms with van der Waals surface area (Å²) >= 11 is 0.105. The van der Waals surface area contributed by atoms with Crippen molar-refractivity contribution in [3.63, 3.8) is 0 Å². The van der Waals surface area contributed by atoms with E-state index in [1.54, 1.807) is 0 Å². The molecule has 0 radical (unpaired) electrons. The van der Waals surface area contributed by atoms with Crippen molar-refractivity contribution in [3.05, 3.63) is 10.0 Å². The zero-order valence-electron chi connectivity index (χ0n) is 9.50. The second kappa shape index (κ2) is 3.34. The molecular weight excluding hydrogens is 257 g/mol. The van der Waals surface area contributed by atoms with Crippen molar-refractivity contribution < 1.29 is 9.90 Å². The molecular formula is C11H17NO2Se. The van der Waals surface area contributed by atoms with Gasteiger partial charge in [-0.15, -0.1) is 0 Å². The number of carbonyl (C=O) groups is 1. The van der Waals surface area contributed by atoms with E-state index in [2.05, 4.69) is 19.2 Å². The predicted molar refractivity (Wildman–Crippen MR) is 59.6 cm³/mol. The molecule has 84 valence electrons. The summed E-state index contributed by atoms with van der Waals surface area (Å²) in [6.45, 7) is 8.09. The molecule has 1 amide bonds. The maximum absolute atomic E-state index is 11.8. The molecule has 0 aromatic carbocycles. The Kier molecular flexibility index (Phi) is 2.49. The van der Waals surface area contributed by atoms with E-state index in [0.29, 0.717) is 0 Å². The number of nitrogens with one attached hydrogen (secondary N) is 1. The van der Waals surface area contributed by atoms with Gasteiger partial charge in [0, 0.05) is 0 Å². The molecule has 2 aliphatic rings. The van der Waals surface area contributed by atoms with Gasteiger partial charge < -0.3 is 0 Å². The minimum absolute atomic E-state index is 0.0462. The van der Waals surface area contributed by atoms with Crippen molar-refractivity contribution in [2.75, 3.05) is 0 Å². The number of aliphatic hydroxyl groups is 1. The van der Waals surface area contributed by atoms with E-state index in [9.17, 15) is 9.90 Å². The van der Waals surface area contributed by atoms with Crippen LogP contribution in [-0.4, -0.2) is 38.1 Å². The van der Waals surface area contributed by atoms with Crippen LogP contribution in [0.25, 0.3) is 0 Å². The fraction of sp³-hybridized carbons (Fsp3) is 0.727. The van der Waals surface area contributed by atoms with Gasteiger partial charge in [0.15, 0.2) is 0 Å². The van der Waals surface area contributed by atoms with Gasteiger partial charge in [0.2, 0.25) is 0 Å². The van der Waals surface area contributed by atoms with Gasteiger partial charge in [-0.1, -0.05) is 0 Å². The molecule has 0 unspecified atom stereocenters. The number of allylic oxidation sites excluding steroid dienone is 1. The Labute approximate surface area is 96.5 Å². The minimum atomic E-state index is -0.511. The molecule has 15 heavy (non-hydrogen) atoms. The first kappa shape index (κ1) is 11.2. The monoisotopic (exact) mass is 275 g/mol. The number of fused-ring (bicyclic) bond motifs is 1. The SMILES string of the molecule is CC1=C(C)[C@@H]2NC(=O)[C@]2([C@@H](O)C(C)C)[Se]1. The van der Waals surface area contributed by atoms with Crippen molar-refractivity contribution in [2.45, 2.75) is 44.2 Å². The Hall–Kier alpha value is -0.311. The zero-order chi connectivity index (χ0) is 11.4. The molecule has 4 heteroatoms. The number of aliphatic hydroxyl groups excluding tert-OH is 1. The van der Waals surface area contributed by atoms with Crippen molar-refractivity contribution in [1.82, 2.24) is 5.32 Å². The molecule has 0 aromatic rings. The average molecular weight is 274 g/mol. The molecule has 3 atom stereocenters. The molecule has 2 N–H and O–H groups in total. The molecule has 0 spiro atoms. The van der Waals surface area contributed by atoms with E-state index in [-0.39, 0.29) is 32.8 Å². The summed E-state index contributed by atoms with van der Waals surface area (Å²) in [5, 5.41) is 13.2. The molecule has 2 rings (SSSR count). The van der Waals surface area contributed by atoms with Crippen molar-refractivity contribution in [3.8, 4) is 0 Å². The van der Waals surface area contributed by atoms with Gasteiger partial charge in [-0.2, -0.15) is 0 Å². The Morgan fingerprint density at radius 3 is 2.47 bits per heavy atom. The third kappa shape index (κ3) is 1.25. The van der Waals surface area contributed by atoms with Crippen molar-refractivity contribution >= 4 is 20.9 Å². The Morgan fingerprint density at radius 1 is 1.47 bits per heavy atom. The summed E-state index contributed by atoms with van der Waals surface area (Å²) in [5.74, 6) is 0.184. The van der Waals surface area contributed by atoms with E-state index in [0.717, 1.165) is 0 Å². The summed E-state index contributed by atoms with van der Waals surface area (Å²) in [6, 6.07) is 0.0994. The Balaban J connectivity index is 2.33. The molecule has 3 nitrogen and oxygen atoms in total. The van der Waals surface area contributed by atoms with Crippen LogP contribution in [0.1, 0.15) is 27.7 Å². The van der Waals surface area contributed by atoms with Crippen LogP contribution in [-0.2, 0) is 4.79 Å². The number of carbonyl (C=O) groups excluding carboxylic acids is 1. The summed E-state index contributed by atoms with van der Waals surface area (Å²) in [4.78, 5) is 11.8. The topological polar surface area (TPSA) is 49.3 Å². The Bertz CT molecular complexity index is 350. The zero-order valence-corrected chi connectivity index (χ0v) is 11.2. The van der Waals surface area contributed by atoms with Crippen LogP contribution >= 0.6 is 0 Å². The molecule has 1 fully saturated rings. The van der Waals surface area contributed by atoms with Crippen LogP contribution in [0.5, 0.6) is 0 Å². The van der Waals surface area contributed by atoms with Crippen LogP contribution in [0.2, 0.25) is 4.31 Å². The third-order valence-electron chi connectivity index (χ3n) is 3.44. The van der Waals surface area contributed by atoms with E-state index in [4.69, 9.17) is 0 Å². The van der Waals surface area contributed by atoms with Crippen LogP contribution in [0, 0.1) is 5.92 Å². The van der Waals surface area contributed by atoms with E-state index in [1.165, 1.54) is 10.0 Å². The van der Waals surface area contributed by atoms with Gasteiger partial charge in [0.1, 0.15) is 0 Å². The number of hydrogen-bond donors (Lipinski definition) is 2. The molecule has 2 aliphatic heterocycles. The molecule has 1 saturated heterocycles. The van der Waals surface area contributed by atoms with Crippen molar-refractivity contribution in [1.29, 1.82) is 0 Å². The first-order valence-corrected chi connectivity index (χ1v) is 6.98. The van der Waals surface area contributed by atoms with Crippen LogP contribution < -0.4 is 5.32 Å². The average Bonchev–Trinajstić information content (AvgIpc) is 2.37. The van der Waals surface area contributed by atoms with Gasteiger partial charge in [-0.3, -0.25) is 0 Å². The number of amides is 1. The molecule has 0 aliphatic carbocycles. The summed E-state index contributed by atoms with van der Waals surface area (Å²) < 4.78 is 0.820. The second-order valence-electron chi connectivity index (χ2n) is 4.73. The number of hydrogen-bond acceptors (Lipinski definition) is 2. The normalized spacial score (nSPS) is 36.4. The predicted octanol–water partition coefficient (Wildman–Crippen LogP) is 0.672. The fourth-order valence-corrected chi connectivity index (χ4v) is 5.87. The number of β-lactam (4-membered cyclic amide) rings is 1. The van der Waals surface area contributed by atoms with Gasteiger partial charge in [0.05, 0.1) is 0 Å². The standard InChI is InChI=1S/C11H17NO2Se/c1-5(2)9(13)11-8(12-10(11)14)6(3)7(4)15-11/h5,8-9,13H,1-4H3,(H,12,14)/t8-,9-,11-/m0/s1. The fourth-order valence-electron chi connectivity index (χ4n) is 2.34. The van der Waals surface area contributed by atoms with Gasteiger partial charge in [-0.25, -0.2) is 0 Å². The number of rotatable bonds is 2. The van der Waals surface area contributed by atoms with Gasteiger partial charge in [0.25, 0.3) is 0 Å². The first-order valence-electron chi connectivity index (χ1n) is 5.26. The summed E-state index contributed by atoms with van der Waals surface area (Å²) in [5.41, 5.74) is 1.26. The van der Waals surface area contributed by atoms with Gasteiger partial charge >= 0.3 is 96.2 Å². The van der Waals surface area contributed by atoms with Crippen LogP contribution in [0.4, 0.5) is 0 Å². The van der Waals surface area contributed by atoms with Crippen LogP contribution in [0.3, 0.4) is 0 Å². The second-order valence-corrected chi connectivity index (χ2v) is 7.86.